The monoisotopic (exact) mass is 528 g/mol. The molecular formula is C33H40N2O4. The second-order valence-electron chi connectivity index (χ2n) is 12.1. The number of nitrogens with zero attached hydrogens (tertiary/aromatic N) is 1. The smallest absolute Gasteiger partial charge is 0.337 e. The Kier molecular flexibility index (Phi) is 7.63. The van der Waals surface area contributed by atoms with Crippen molar-refractivity contribution >= 4 is 12.0 Å². The first-order valence-corrected chi connectivity index (χ1v) is 13.4. The van der Waals surface area contributed by atoms with E-state index in [1.54, 1.807) is 4.90 Å². The molecule has 0 fully saturated rings. The summed E-state index contributed by atoms with van der Waals surface area (Å²) in [6, 6.07) is 17.9. The topological polar surface area (TPSA) is 78.9 Å². The number of benzene rings is 3. The third-order valence-electron chi connectivity index (χ3n) is 7.52. The van der Waals surface area contributed by atoms with E-state index >= 15 is 0 Å². The number of hydrogen-bond acceptors (Lipinski definition) is 3. The maximum atomic E-state index is 13.5. The van der Waals surface area contributed by atoms with Gasteiger partial charge < -0.3 is 20.1 Å². The van der Waals surface area contributed by atoms with Crippen molar-refractivity contribution in [3.05, 3.63) is 93.5 Å². The van der Waals surface area contributed by atoms with Gasteiger partial charge in [0.15, 0.2) is 6.10 Å². The Morgan fingerprint density at radius 2 is 1.44 bits per heavy atom. The molecule has 1 aliphatic heterocycles. The van der Waals surface area contributed by atoms with Crippen molar-refractivity contribution in [2.45, 2.75) is 85.7 Å². The number of carboxylic acid groups (broad SMARTS) is 1. The lowest BCUT2D eigenvalue weighted by Gasteiger charge is -2.30. The van der Waals surface area contributed by atoms with E-state index < -0.39 is 23.2 Å². The zero-order valence-corrected chi connectivity index (χ0v) is 24.3. The average Bonchev–Trinajstić information content (AvgIpc) is 3.32. The number of carboxylic acids is 1. The van der Waals surface area contributed by atoms with Crippen molar-refractivity contribution in [3.8, 4) is 11.1 Å². The van der Waals surface area contributed by atoms with E-state index in [1.807, 2.05) is 110 Å². The number of rotatable bonds is 6. The second kappa shape index (κ2) is 10.5. The zero-order chi connectivity index (χ0) is 28.7. The van der Waals surface area contributed by atoms with Crippen LogP contribution in [-0.4, -0.2) is 27.6 Å². The highest BCUT2D eigenvalue weighted by Gasteiger charge is 2.37. The van der Waals surface area contributed by atoms with Crippen LogP contribution >= 0.6 is 0 Å². The van der Waals surface area contributed by atoms with Gasteiger partial charge in [-0.25, -0.2) is 9.59 Å². The molecule has 0 spiro atoms. The molecule has 6 heteroatoms. The number of ether oxygens (including phenoxy) is 1. The van der Waals surface area contributed by atoms with Gasteiger partial charge in [-0.1, -0.05) is 60.2 Å². The molecule has 0 radical (unpaired) electrons. The summed E-state index contributed by atoms with van der Waals surface area (Å²) >= 11 is 0. The van der Waals surface area contributed by atoms with E-state index in [9.17, 15) is 14.7 Å². The van der Waals surface area contributed by atoms with Crippen LogP contribution in [0.1, 0.15) is 79.7 Å². The van der Waals surface area contributed by atoms with Gasteiger partial charge in [0.1, 0.15) is 0 Å². The van der Waals surface area contributed by atoms with Crippen molar-refractivity contribution in [1.29, 1.82) is 0 Å². The van der Waals surface area contributed by atoms with Crippen molar-refractivity contribution in [1.82, 2.24) is 10.2 Å². The predicted octanol–water partition coefficient (Wildman–Crippen LogP) is 7.18. The van der Waals surface area contributed by atoms with Crippen LogP contribution in [0.4, 0.5) is 4.79 Å². The third kappa shape index (κ3) is 5.86. The fourth-order valence-corrected chi connectivity index (χ4v) is 5.44. The number of aliphatic carboxylic acids is 1. The van der Waals surface area contributed by atoms with Gasteiger partial charge in [0.25, 0.3) is 0 Å². The Balaban J connectivity index is 1.79. The number of fused-ring (bicyclic) bond motifs is 1. The fourth-order valence-electron chi connectivity index (χ4n) is 5.44. The SMILES string of the molecule is Cc1ccc(-c2c(C)c3c(c(C)c2C(OC(C)(C)C)C(=O)O)CN(C(=O)NC(C)(C)c2ccccc2)C3)cc1. The lowest BCUT2D eigenvalue weighted by atomic mass is 9.83. The second-order valence-corrected chi connectivity index (χ2v) is 12.1. The Morgan fingerprint density at radius 3 is 1.97 bits per heavy atom. The minimum absolute atomic E-state index is 0.155. The summed E-state index contributed by atoms with van der Waals surface area (Å²) in [4.78, 5) is 28.0. The summed E-state index contributed by atoms with van der Waals surface area (Å²) in [5.74, 6) is -1.03. The molecular weight excluding hydrogens is 488 g/mol. The van der Waals surface area contributed by atoms with Crippen LogP contribution in [-0.2, 0) is 28.2 Å². The van der Waals surface area contributed by atoms with Gasteiger partial charge in [0.05, 0.1) is 11.1 Å². The molecule has 1 unspecified atom stereocenters. The maximum absolute atomic E-state index is 13.5. The molecule has 3 aromatic carbocycles. The van der Waals surface area contributed by atoms with Gasteiger partial charge in [-0.05, 0) is 94.3 Å². The first-order chi connectivity index (χ1) is 18.2. The molecule has 0 bridgehead atoms. The zero-order valence-electron chi connectivity index (χ0n) is 24.3. The Bertz CT molecular complexity index is 1390. The first-order valence-electron chi connectivity index (χ1n) is 13.4. The van der Waals surface area contributed by atoms with Gasteiger partial charge in [-0.15, -0.1) is 0 Å². The lowest BCUT2D eigenvalue weighted by molar-refractivity contribution is -0.160. The minimum atomic E-state index is -1.15. The van der Waals surface area contributed by atoms with Gasteiger partial charge >= 0.3 is 12.0 Å². The molecule has 1 heterocycles. The molecule has 3 aromatic rings. The Labute approximate surface area is 232 Å². The summed E-state index contributed by atoms with van der Waals surface area (Å²) in [6.45, 7) is 16.5. The molecule has 206 valence electrons. The van der Waals surface area contributed by atoms with Gasteiger partial charge in [0.2, 0.25) is 0 Å². The van der Waals surface area contributed by atoms with Crippen molar-refractivity contribution in [2.24, 2.45) is 0 Å². The van der Waals surface area contributed by atoms with E-state index in [4.69, 9.17) is 4.74 Å². The highest BCUT2D eigenvalue weighted by atomic mass is 16.5. The number of urea groups is 1. The first kappa shape index (κ1) is 28.4. The van der Waals surface area contributed by atoms with Crippen LogP contribution in [0.2, 0.25) is 0 Å². The van der Waals surface area contributed by atoms with E-state index in [-0.39, 0.29) is 6.03 Å². The number of amides is 2. The molecule has 0 saturated carbocycles. The number of aryl methyl sites for hydroxylation is 1. The molecule has 2 N–H and O–H groups in total. The van der Waals surface area contributed by atoms with Crippen LogP contribution < -0.4 is 5.32 Å². The van der Waals surface area contributed by atoms with E-state index in [0.717, 1.165) is 44.5 Å². The minimum Gasteiger partial charge on any atom is -0.479 e. The summed E-state index contributed by atoms with van der Waals surface area (Å²) in [5, 5.41) is 13.5. The Morgan fingerprint density at radius 1 is 0.872 bits per heavy atom. The summed E-state index contributed by atoms with van der Waals surface area (Å²) in [7, 11) is 0. The van der Waals surface area contributed by atoms with Gasteiger partial charge in [-0.3, -0.25) is 0 Å². The van der Waals surface area contributed by atoms with Crippen molar-refractivity contribution in [2.75, 3.05) is 0 Å². The van der Waals surface area contributed by atoms with Crippen LogP contribution in [0.3, 0.4) is 0 Å². The fraction of sp³-hybridized carbons (Fsp3) is 0.394. The summed E-state index contributed by atoms with van der Waals surface area (Å²) < 4.78 is 6.16. The molecule has 4 rings (SSSR count). The van der Waals surface area contributed by atoms with Crippen molar-refractivity contribution in [3.63, 3.8) is 0 Å². The predicted molar refractivity (Wildman–Crippen MR) is 155 cm³/mol. The molecule has 1 aliphatic rings. The average molecular weight is 529 g/mol. The highest BCUT2D eigenvalue weighted by Crippen LogP contribution is 2.43. The lowest BCUT2D eigenvalue weighted by Crippen LogP contribution is -2.46. The standard InChI is InChI=1S/C33H40N2O4/c1-20-14-16-23(17-15-20)27-21(2)25-18-35(31(38)34-33(7,8)24-12-10-9-11-13-24)19-26(25)22(3)28(27)29(30(36)37)39-32(4,5)6/h9-17,29H,18-19H2,1-8H3,(H,34,38)(H,36,37). The molecule has 0 saturated heterocycles. The van der Waals surface area contributed by atoms with E-state index in [1.165, 1.54) is 0 Å². The third-order valence-corrected chi connectivity index (χ3v) is 7.52. The largest absolute Gasteiger partial charge is 0.479 e. The van der Waals surface area contributed by atoms with Gasteiger partial charge in [0, 0.05) is 18.7 Å². The molecule has 0 aliphatic carbocycles. The molecule has 1 atom stereocenters. The van der Waals surface area contributed by atoms with Crippen LogP contribution in [0.15, 0.2) is 54.6 Å². The number of nitrogens with one attached hydrogen (secondary N) is 1. The van der Waals surface area contributed by atoms with Gasteiger partial charge in [-0.2, -0.15) is 0 Å². The highest BCUT2D eigenvalue weighted by molar-refractivity contribution is 5.85. The quantitative estimate of drug-likeness (QED) is 0.355. The Hall–Kier alpha value is -3.64. The summed E-state index contributed by atoms with van der Waals surface area (Å²) in [6.07, 6.45) is -1.15. The van der Waals surface area contributed by atoms with Crippen LogP contribution in [0.25, 0.3) is 11.1 Å². The normalized spacial score (nSPS) is 14.2. The number of carbonyl (C=O) groups is 2. The molecule has 0 aromatic heterocycles. The van der Waals surface area contributed by atoms with E-state index in [2.05, 4.69) is 5.32 Å². The molecule has 2 amide bonds. The number of hydrogen-bond donors (Lipinski definition) is 2. The summed E-state index contributed by atoms with van der Waals surface area (Å²) in [5.41, 5.74) is 7.31. The van der Waals surface area contributed by atoms with Crippen LogP contribution in [0, 0.1) is 20.8 Å². The maximum Gasteiger partial charge on any atom is 0.337 e. The van der Waals surface area contributed by atoms with Crippen molar-refractivity contribution < 1.29 is 19.4 Å². The van der Waals surface area contributed by atoms with E-state index in [0.29, 0.717) is 18.7 Å². The molecule has 39 heavy (non-hydrogen) atoms. The van der Waals surface area contributed by atoms with Crippen LogP contribution in [0.5, 0.6) is 0 Å². The number of carbonyl (C=O) groups excluding carboxylic acids is 1. The molecule has 6 nitrogen and oxygen atoms in total.